The first-order valence-corrected chi connectivity index (χ1v) is 7.80. The van der Waals surface area contributed by atoms with E-state index in [0.717, 1.165) is 20.2 Å². The molecular weight excluding hydrogens is 415 g/mol. The topological polar surface area (TPSA) is 24.9 Å². The minimum absolute atomic E-state index is 0.131. The zero-order valence-corrected chi connectivity index (χ0v) is 14.6. The maximum absolute atomic E-state index is 6.25. The van der Waals surface area contributed by atoms with Gasteiger partial charge in [0.1, 0.15) is 0 Å². The van der Waals surface area contributed by atoms with Crippen LogP contribution in [0.3, 0.4) is 0 Å². The SMILES string of the molecule is CNC(c1cc(Cl)ccc1Cl)c1ncc(Br)cc1Br. The highest BCUT2D eigenvalue weighted by Crippen LogP contribution is 2.33. The molecule has 0 spiro atoms. The lowest BCUT2D eigenvalue weighted by Crippen LogP contribution is -2.19. The lowest BCUT2D eigenvalue weighted by molar-refractivity contribution is 0.667. The van der Waals surface area contributed by atoms with E-state index in [1.165, 1.54) is 0 Å². The van der Waals surface area contributed by atoms with E-state index in [2.05, 4.69) is 42.2 Å². The van der Waals surface area contributed by atoms with Crippen molar-refractivity contribution in [1.82, 2.24) is 10.3 Å². The van der Waals surface area contributed by atoms with E-state index >= 15 is 0 Å². The first kappa shape index (κ1) is 15.3. The molecule has 0 saturated carbocycles. The molecule has 1 atom stereocenters. The lowest BCUT2D eigenvalue weighted by Gasteiger charge is -2.19. The van der Waals surface area contributed by atoms with Crippen LogP contribution < -0.4 is 5.32 Å². The van der Waals surface area contributed by atoms with Crippen LogP contribution in [0.5, 0.6) is 0 Å². The molecular formula is C13H10Br2Cl2N2. The smallest absolute Gasteiger partial charge is 0.0775 e. The number of benzene rings is 1. The standard InChI is InChI=1S/C13H10Br2Cl2N2/c1-18-12(9-5-8(16)2-3-11(9)17)13-10(15)4-7(14)6-19-13/h2-6,12,18H,1H3. The Bertz CT molecular complexity index is 605. The average Bonchev–Trinajstić information content (AvgIpc) is 2.36. The van der Waals surface area contributed by atoms with Crippen molar-refractivity contribution < 1.29 is 0 Å². The number of nitrogens with zero attached hydrogens (tertiary/aromatic N) is 1. The summed E-state index contributed by atoms with van der Waals surface area (Å²) in [6, 6.07) is 7.22. The fourth-order valence-electron chi connectivity index (χ4n) is 1.81. The zero-order chi connectivity index (χ0) is 14.0. The molecule has 2 aromatic rings. The highest BCUT2D eigenvalue weighted by molar-refractivity contribution is 9.11. The Labute approximate surface area is 138 Å². The van der Waals surface area contributed by atoms with Gasteiger partial charge in [0.05, 0.1) is 11.7 Å². The molecule has 1 unspecified atom stereocenters. The highest BCUT2D eigenvalue weighted by atomic mass is 79.9. The normalized spacial score (nSPS) is 12.5. The summed E-state index contributed by atoms with van der Waals surface area (Å²) in [5.41, 5.74) is 1.75. The van der Waals surface area contributed by atoms with Crippen molar-refractivity contribution in [2.45, 2.75) is 6.04 Å². The van der Waals surface area contributed by atoms with Gasteiger partial charge in [-0.05, 0) is 68.7 Å². The molecule has 19 heavy (non-hydrogen) atoms. The first-order chi connectivity index (χ1) is 9.02. The minimum Gasteiger partial charge on any atom is -0.308 e. The number of rotatable bonds is 3. The fraction of sp³-hybridized carbons (Fsp3) is 0.154. The number of hydrogen-bond donors (Lipinski definition) is 1. The Kier molecular flexibility index (Phi) is 5.26. The van der Waals surface area contributed by atoms with Gasteiger partial charge in [0.2, 0.25) is 0 Å². The van der Waals surface area contributed by atoms with Gasteiger partial charge in [0.15, 0.2) is 0 Å². The van der Waals surface area contributed by atoms with Crippen molar-refractivity contribution in [3.8, 4) is 0 Å². The molecule has 0 aliphatic carbocycles. The van der Waals surface area contributed by atoms with Gasteiger partial charge in [0.25, 0.3) is 0 Å². The van der Waals surface area contributed by atoms with Crippen LogP contribution in [0, 0.1) is 0 Å². The highest BCUT2D eigenvalue weighted by Gasteiger charge is 2.19. The molecule has 0 bridgehead atoms. The van der Waals surface area contributed by atoms with Gasteiger partial charge in [-0.3, -0.25) is 4.98 Å². The second kappa shape index (κ2) is 6.55. The molecule has 1 N–H and O–H groups in total. The summed E-state index contributed by atoms with van der Waals surface area (Å²) in [4.78, 5) is 4.44. The lowest BCUT2D eigenvalue weighted by atomic mass is 10.0. The van der Waals surface area contributed by atoms with Crippen LogP contribution in [0.2, 0.25) is 10.0 Å². The van der Waals surface area contributed by atoms with Gasteiger partial charge in [-0.15, -0.1) is 0 Å². The van der Waals surface area contributed by atoms with Crippen molar-refractivity contribution >= 4 is 55.1 Å². The predicted octanol–water partition coefficient (Wildman–Crippen LogP) is 5.22. The Morgan fingerprint density at radius 2 is 1.95 bits per heavy atom. The molecule has 0 saturated heterocycles. The van der Waals surface area contributed by atoms with E-state index in [-0.39, 0.29) is 6.04 Å². The third kappa shape index (κ3) is 3.50. The third-order valence-electron chi connectivity index (χ3n) is 2.67. The van der Waals surface area contributed by atoms with Crippen LogP contribution in [-0.2, 0) is 0 Å². The molecule has 6 heteroatoms. The summed E-state index contributed by atoms with van der Waals surface area (Å²) < 4.78 is 1.81. The number of pyridine rings is 1. The van der Waals surface area contributed by atoms with Crippen LogP contribution in [0.15, 0.2) is 39.4 Å². The van der Waals surface area contributed by atoms with Gasteiger partial charge in [-0.1, -0.05) is 23.2 Å². The van der Waals surface area contributed by atoms with Gasteiger partial charge in [-0.2, -0.15) is 0 Å². The Morgan fingerprint density at radius 3 is 2.58 bits per heavy atom. The zero-order valence-electron chi connectivity index (χ0n) is 9.92. The molecule has 0 radical (unpaired) electrons. The summed E-state index contributed by atoms with van der Waals surface area (Å²) >= 11 is 19.2. The van der Waals surface area contributed by atoms with Crippen LogP contribution in [0.25, 0.3) is 0 Å². The van der Waals surface area contributed by atoms with Crippen molar-refractivity contribution in [2.24, 2.45) is 0 Å². The van der Waals surface area contributed by atoms with Crippen LogP contribution in [-0.4, -0.2) is 12.0 Å². The van der Waals surface area contributed by atoms with E-state index in [0.29, 0.717) is 10.0 Å². The maximum atomic E-state index is 6.25. The summed E-state index contributed by atoms with van der Waals surface area (Å²) in [5.74, 6) is 0. The van der Waals surface area contributed by atoms with Crippen LogP contribution >= 0.6 is 55.1 Å². The van der Waals surface area contributed by atoms with Gasteiger partial charge >= 0.3 is 0 Å². The van der Waals surface area contributed by atoms with E-state index in [1.807, 2.05) is 19.2 Å². The Balaban J connectivity index is 2.52. The minimum atomic E-state index is -0.131. The summed E-state index contributed by atoms with van der Waals surface area (Å²) in [5, 5.41) is 4.51. The van der Waals surface area contributed by atoms with Gasteiger partial charge in [0, 0.05) is 25.2 Å². The van der Waals surface area contributed by atoms with E-state index < -0.39 is 0 Å². The largest absolute Gasteiger partial charge is 0.308 e. The average molecular weight is 425 g/mol. The maximum Gasteiger partial charge on any atom is 0.0775 e. The van der Waals surface area contributed by atoms with Gasteiger partial charge < -0.3 is 5.32 Å². The molecule has 0 aliphatic rings. The molecule has 1 aromatic heterocycles. The molecule has 0 aliphatic heterocycles. The Morgan fingerprint density at radius 1 is 1.21 bits per heavy atom. The van der Waals surface area contributed by atoms with E-state index in [9.17, 15) is 0 Å². The van der Waals surface area contributed by atoms with Gasteiger partial charge in [-0.25, -0.2) is 0 Å². The number of aromatic nitrogens is 1. The van der Waals surface area contributed by atoms with Crippen molar-refractivity contribution in [2.75, 3.05) is 7.05 Å². The fourth-order valence-corrected chi connectivity index (χ4v) is 3.44. The predicted molar refractivity (Wildman–Crippen MR) is 87.0 cm³/mol. The van der Waals surface area contributed by atoms with E-state index in [4.69, 9.17) is 23.2 Å². The van der Waals surface area contributed by atoms with Crippen LogP contribution in [0.1, 0.15) is 17.3 Å². The molecule has 0 amide bonds. The second-order valence-electron chi connectivity index (χ2n) is 3.91. The molecule has 0 fully saturated rings. The second-order valence-corrected chi connectivity index (χ2v) is 6.52. The van der Waals surface area contributed by atoms with Crippen molar-refractivity contribution in [1.29, 1.82) is 0 Å². The molecule has 2 rings (SSSR count). The first-order valence-electron chi connectivity index (χ1n) is 5.46. The monoisotopic (exact) mass is 422 g/mol. The number of hydrogen-bond acceptors (Lipinski definition) is 2. The third-order valence-corrected chi connectivity index (χ3v) is 4.32. The summed E-state index contributed by atoms with van der Waals surface area (Å²) in [6.45, 7) is 0. The number of halogens is 4. The summed E-state index contributed by atoms with van der Waals surface area (Å²) in [7, 11) is 1.86. The number of nitrogens with one attached hydrogen (secondary N) is 1. The van der Waals surface area contributed by atoms with E-state index in [1.54, 1.807) is 18.3 Å². The summed E-state index contributed by atoms with van der Waals surface area (Å²) in [6.07, 6.45) is 1.75. The molecule has 100 valence electrons. The quantitative estimate of drug-likeness (QED) is 0.730. The molecule has 2 nitrogen and oxygen atoms in total. The molecule has 1 aromatic carbocycles. The van der Waals surface area contributed by atoms with Crippen LogP contribution in [0.4, 0.5) is 0 Å². The molecule has 1 heterocycles. The Hall–Kier alpha value is -0.130. The van der Waals surface area contributed by atoms with Crippen molar-refractivity contribution in [3.05, 3.63) is 60.7 Å². The van der Waals surface area contributed by atoms with Crippen molar-refractivity contribution in [3.63, 3.8) is 0 Å².